The lowest BCUT2D eigenvalue weighted by Gasteiger charge is -2.32. The van der Waals surface area contributed by atoms with Crippen molar-refractivity contribution < 1.29 is 4.48 Å². The molecule has 0 aliphatic heterocycles. The second kappa shape index (κ2) is 5.64. The lowest BCUT2D eigenvalue weighted by Crippen LogP contribution is -2.37. The summed E-state index contributed by atoms with van der Waals surface area (Å²) in [6, 6.07) is 7.36. The number of quaternary nitrogens is 1. The van der Waals surface area contributed by atoms with Crippen LogP contribution in [0.1, 0.15) is 43.0 Å². The summed E-state index contributed by atoms with van der Waals surface area (Å²) in [6.07, 6.45) is 2.40. The Bertz CT molecular complexity index is 599. The van der Waals surface area contributed by atoms with Gasteiger partial charge in [0.1, 0.15) is 6.04 Å². The molecule has 0 spiro atoms. The third kappa shape index (κ3) is 3.03. The summed E-state index contributed by atoms with van der Waals surface area (Å²) in [6.45, 7) is 3.98. The topological polar surface area (TPSA) is 38.4 Å². The van der Waals surface area contributed by atoms with Crippen molar-refractivity contribution in [2.45, 2.75) is 32.7 Å². The number of aryl methyl sites for hydroxylation is 1. The van der Waals surface area contributed by atoms with E-state index in [1.165, 1.54) is 29.5 Å². The fourth-order valence-corrected chi connectivity index (χ4v) is 3.37. The number of hydrogen-bond donors (Lipinski definition) is 1. The van der Waals surface area contributed by atoms with E-state index in [-0.39, 0.29) is 0 Å². The molecule has 114 valence electrons. The minimum absolute atomic E-state index is 0.568. The van der Waals surface area contributed by atoms with Crippen molar-refractivity contribution in [1.82, 2.24) is 0 Å². The molecule has 1 aliphatic carbocycles. The monoisotopic (exact) mass is 286 g/mol. The van der Waals surface area contributed by atoms with Crippen LogP contribution in [0.5, 0.6) is 0 Å². The minimum Gasteiger partial charge on any atom is -0.402 e. The molecule has 0 fully saturated rings. The van der Waals surface area contributed by atoms with Crippen LogP contribution in [-0.2, 0) is 6.42 Å². The maximum Gasteiger partial charge on any atom is 0.115 e. The van der Waals surface area contributed by atoms with Gasteiger partial charge in [0, 0.05) is 36.0 Å². The van der Waals surface area contributed by atoms with E-state index >= 15 is 0 Å². The van der Waals surface area contributed by atoms with E-state index in [9.17, 15) is 0 Å². The van der Waals surface area contributed by atoms with Crippen LogP contribution in [0.2, 0.25) is 0 Å². The summed E-state index contributed by atoms with van der Waals surface area (Å²) in [5.74, 6) is 0. The summed E-state index contributed by atoms with van der Waals surface area (Å²) in [4.78, 5) is 4.32. The lowest BCUT2D eigenvalue weighted by molar-refractivity contribution is -0.901. The van der Waals surface area contributed by atoms with Crippen LogP contribution in [0.15, 0.2) is 28.9 Å². The second-order valence-electron chi connectivity index (χ2n) is 6.95. The van der Waals surface area contributed by atoms with Crippen molar-refractivity contribution in [3.8, 4) is 0 Å². The van der Waals surface area contributed by atoms with Gasteiger partial charge < -0.3 is 10.2 Å². The molecule has 3 heteroatoms. The van der Waals surface area contributed by atoms with Gasteiger partial charge >= 0.3 is 0 Å². The number of nitrogens with zero attached hydrogens (tertiary/aromatic N) is 2. The molecule has 1 aromatic carbocycles. The third-order valence-corrected chi connectivity index (χ3v) is 4.51. The first-order chi connectivity index (χ1) is 9.75. The summed E-state index contributed by atoms with van der Waals surface area (Å²) in [5.41, 5.74) is 13.2. The van der Waals surface area contributed by atoms with Crippen LogP contribution in [0.3, 0.4) is 0 Å². The maximum atomic E-state index is 6.11. The zero-order valence-corrected chi connectivity index (χ0v) is 14.2. The summed E-state index contributed by atoms with van der Waals surface area (Å²) in [7, 11) is 8.64. The normalized spacial score (nSPS) is 20.3. The van der Waals surface area contributed by atoms with Crippen LogP contribution >= 0.6 is 0 Å². The van der Waals surface area contributed by atoms with Crippen LogP contribution in [0.25, 0.3) is 5.57 Å². The number of allylic oxidation sites excluding steroid dienone is 2. The summed E-state index contributed by atoms with van der Waals surface area (Å²) >= 11 is 0. The zero-order valence-electron chi connectivity index (χ0n) is 14.2. The first-order valence-corrected chi connectivity index (χ1v) is 7.60. The zero-order chi connectivity index (χ0) is 15.8. The van der Waals surface area contributed by atoms with Gasteiger partial charge in [-0.15, -0.1) is 0 Å². The van der Waals surface area contributed by atoms with Crippen LogP contribution < -0.4 is 5.73 Å². The summed E-state index contributed by atoms with van der Waals surface area (Å²) < 4.78 is 0.970. The van der Waals surface area contributed by atoms with Gasteiger partial charge in [-0.2, -0.15) is 0 Å². The van der Waals surface area contributed by atoms with E-state index in [1.807, 2.05) is 20.9 Å². The number of fused-ring (bicyclic) bond motifs is 1. The molecule has 0 saturated carbocycles. The average Bonchev–Trinajstić information content (AvgIpc) is 2.81. The van der Waals surface area contributed by atoms with E-state index < -0.39 is 0 Å². The van der Waals surface area contributed by atoms with Gasteiger partial charge in [0.05, 0.1) is 21.1 Å². The van der Waals surface area contributed by atoms with Gasteiger partial charge in [-0.1, -0.05) is 12.1 Å². The fourth-order valence-electron chi connectivity index (χ4n) is 3.37. The Morgan fingerprint density at radius 1 is 1.24 bits per heavy atom. The maximum absolute atomic E-state index is 6.11. The van der Waals surface area contributed by atoms with Gasteiger partial charge in [0.25, 0.3) is 0 Å². The van der Waals surface area contributed by atoms with E-state index in [1.54, 1.807) is 0 Å². The van der Waals surface area contributed by atoms with Crippen molar-refractivity contribution in [2.24, 2.45) is 10.7 Å². The molecule has 21 heavy (non-hydrogen) atoms. The number of nitrogens with two attached hydrogens (primary N) is 1. The number of benzene rings is 1. The summed E-state index contributed by atoms with van der Waals surface area (Å²) in [5, 5.41) is 0. The molecule has 3 nitrogen and oxygen atoms in total. The smallest absolute Gasteiger partial charge is 0.115 e. The molecule has 0 bridgehead atoms. The van der Waals surface area contributed by atoms with E-state index in [0.29, 0.717) is 6.04 Å². The Morgan fingerprint density at radius 3 is 2.43 bits per heavy atom. The molecule has 1 unspecified atom stereocenters. The molecule has 1 atom stereocenters. The Balaban J connectivity index is 2.54. The van der Waals surface area contributed by atoms with Crippen molar-refractivity contribution in [3.63, 3.8) is 0 Å². The Kier molecular flexibility index (Phi) is 4.24. The van der Waals surface area contributed by atoms with Gasteiger partial charge in [-0.05, 0) is 37.5 Å². The highest BCUT2D eigenvalue weighted by Gasteiger charge is 2.33. The minimum atomic E-state index is 0.568. The molecule has 0 aromatic heterocycles. The van der Waals surface area contributed by atoms with E-state index in [2.05, 4.69) is 44.3 Å². The van der Waals surface area contributed by atoms with Crippen LogP contribution in [0, 0.1) is 0 Å². The predicted octanol–water partition coefficient (Wildman–Crippen LogP) is 3.16. The molecule has 0 radical (unpaired) electrons. The molecular formula is C18H28N3+. The molecule has 2 rings (SSSR count). The van der Waals surface area contributed by atoms with Crippen molar-refractivity contribution in [1.29, 1.82) is 0 Å². The average molecular weight is 286 g/mol. The number of hydrogen-bond acceptors (Lipinski definition) is 2. The van der Waals surface area contributed by atoms with Gasteiger partial charge in [0.2, 0.25) is 0 Å². The van der Waals surface area contributed by atoms with Gasteiger partial charge in [0.15, 0.2) is 0 Å². The Labute approximate surface area is 128 Å². The molecule has 0 amide bonds. The van der Waals surface area contributed by atoms with Gasteiger partial charge in [-0.3, -0.25) is 4.99 Å². The van der Waals surface area contributed by atoms with Gasteiger partial charge in [-0.25, -0.2) is 0 Å². The molecule has 1 aliphatic rings. The quantitative estimate of drug-likeness (QED) is 0.673. The predicted molar refractivity (Wildman–Crippen MR) is 91.4 cm³/mol. The van der Waals surface area contributed by atoms with E-state index in [0.717, 1.165) is 21.5 Å². The molecule has 0 saturated heterocycles. The number of aliphatic imine (C=N–C) groups is 1. The fraction of sp³-hybridized carbons (Fsp3) is 0.500. The second-order valence-corrected chi connectivity index (χ2v) is 6.95. The third-order valence-electron chi connectivity index (χ3n) is 4.51. The highest BCUT2D eigenvalue weighted by molar-refractivity contribution is 6.23. The lowest BCUT2D eigenvalue weighted by atomic mass is 9.95. The first kappa shape index (κ1) is 15.8. The Morgan fingerprint density at radius 2 is 1.90 bits per heavy atom. The molecular weight excluding hydrogens is 258 g/mol. The van der Waals surface area contributed by atoms with Crippen LogP contribution in [-0.4, -0.2) is 38.4 Å². The highest BCUT2D eigenvalue weighted by Crippen LogP contribution is 2.39. The van der Waals surface area contributed by atoms with Crippen LogP contribution in [0.4, 0.5) is 0 Å². The molecule has 2 N–H and O–H groups in total. The van der Waals surface area contributed by atoms with Crippen molar-refractivity contribution >= 4 is 11.3 Å². The number of rotatable bonds is 3. The van der Waals surface area contributed by atoms with Crippen molar-refractivity contribution in [3.05, 3.63) is 40.6 Å². The largest absolute Gasteiger partial charge is 0.402 e. The molecule has 1 aromatic rings. The first-order valence-electron chi connectivity index (χ1n) is 7.60. The Hall–Kier alpha value is -1.61. The van der Waals surface area contributed by atoms with E-state index in [4.69, 9.17) is 5.73 Å². The standard InChI is InChI=1S/C18H28N3/c1-12(19)18(13(2)20-3)15-8-7-14-9-10-17(16(14)11-15)21(4,5)6/h7-8,11,17H,9-10,19H2,1-6H3/q+1/b18-12+,20-13?. The SMILES string of the molecule is CN=C(C)/C(=C(/C)N)c1ccc2c(c1)C([N+](C)(C)C)CC2. The van der Waals surface area contributed by atoms with Crippen molar-refractivity contribution in [2.75, 3.05) is 28.2 Å². The highest BCUT2D eigenvalue weighted by atomic mass is 15.3. The molecule has 0 heterocycles.